The quantitative estimate of drug-likeness (QED) is 0.531. The van der Waals surface area contributed by atoms with Gasteiger partial charge in [0.05, 0.1) is 17.4 Å². The van der Waals surface area contributed by atoms with Crippen LogP contribution in [0.1, 0.15) is 24.4 Å². The van der Waals surface area contributed by atoms with Gasteiger partial charge in [0, 0.05) is 23.4 Å². The van der Waals surface area contributed by atoms with E-state index in [1.54, 1.807) is 24.3 Å². The molecule has 4 rings (SSSR count). The Bertz CT molecular complexity index is 977. The number of nitrogens with zero attached hydrogens (tertiary/aromatic N) is 5. The van der Waals surface area contributed by atoms with E-state index in [9.17, 15) is 14.9 Å². The Morgan fingerprint density at radius 3 is 2.48 bits per heavy atom. The zero-order chi connectivity index (χ0) is 18.8. The number of anilines is 1. The summed E-state index contributed by atoms with van der Waals surface area (Å²) in [6.45, 7) is 0. The van der Waals surface area contributed by atoms with Crippen molar-refractivity contribution in [1.29, 1.82) is 0 Å². The maximum atomic E-state index is 12.2. The Labute approximate surface area is 154 Å². The van der Waals surface area contributed by atoms with Gasteiger partial charge in [0.1, 0.15) is 0 Å². The molecule has 0 radical (unpaired) electrons. The Kier molecular flexibility index (Phi) is 4.33. The summed E-state index contributed by atoms with van der Waals surface area (Å²) >= 11 is 0. The molecule has 0 spiro atoms. The highest BCUT2D eigenvalue weighted by atomic mass is 16.6. The molecule has 0 saturated heterocycles. The molecule has 1 amide bonds. The second-order valence-electron chi connectivity index (χ2n) is 6.40. The van der Waals surface area contributed by atoms with Crippen LogP contribution in [0.5, 0.6) is 0 Å². The molecule has 1 aromatic heterocycles. The predicted octanol–water partition coefficient (Wildman–Crippen LogP) is 2.76. The molecule has 3 aromatic rings. The lowest BCUT2D eigenvalue weighted by molar-refractivity contribution is -0.384. The summed E-state index contributed by atoms with van der Waals surface area (Å²) in [5.41, 5.74) is 2.26. The number of benzene rings is 2. The average molecular weight is 364 g/mol. The molecular weight excluding hydrogens is 348 g/mol. The first-order valence-corrected chi connectivity index (χ1v) is 8.51. The van der Waals surface area contributed by atoms with Gasteiger partial charge in [-0.15, -0.1) is 5.10 Å². The summed E-state index contributed by atoms with van der Waals surface area (Å²) in [6, 6.07) is 13.7. The molecular formula is C18H16N6O3. The number of nitro groups is 1. The maximum Gasteiger partial charge on any atom is 0.269 e. The van der Waals surface area contributed by atoms with Gasteiger partial charge in [0.25, 0.3) is 5.69 Å². The molecule has 1 fully saturated rings. The van der Waals surface area contributed by atoms with Gasteiger partial charge in [0.2, 0.25) is 5.91 Å². The van der Waals surface area contributed by atoms with Gasteiger partial charge < -0.3 is 5.32 Å². The number of tetrazole rings is 1. The molecule has 1 aliphatic rings. The number of non-ortho nitro benzene ring substituents is 1. The summed E-state index contributed by atoms with van der Waals surface area (Å²) < 4.78 is 1.84. The van der Waals surface area contributed by atoms with Crippen LogP contribution < -0.4 is 5.32 Å². The maximum absolute atomic E-state index is 12.2. The van der Waals surface area contributed by atoms with E-state index in [2.05, 4.69) is 20.8 Å². The fraction of sp³-hybridized carbons (Fsp3) is 0.222. The van der Waals surface area contributed by atoms with E-state index >= 15 is 0 Å². The minimum atomic E-state index is -0.467. The van der Waals surface area contributed by atoms with Crippen LogP contribution in [0.4, 0.5) is 11.4 Å². The Morgan fingerprint density at radius 2 is 1.85 bits per heavy atom. The van der Waals surface area contributed by atoms with Crippen LogP contribution in [0.25, 0.3) is 11.4 Å². The first kappa shape index (κ1) is 16.8. The zero-order valence-electron chi connectivity index (χ0n) is 14.3. The fourth-order valence-electron chi connectivity index (χ4n) is 2.78. The average Bonchev–Trinajstić information content (AvgIpc) is 3.39. The van der Waals surface area contributed by atoms with Crippen LogP contribution in [0.3, 0.4) is 0 Å². The molecule has 1 aliphatic carbocycles. The number of carbonyl (C=O) groups excluding carboxylic acids is 1. The van der Waals surface area contributed by atoms with Crippen LogP contribution in [-0.4, -0.2) is 31.0 Å². The summed E-state index contributed by atoms with van der Waals surface area (Å²) in [7, 11) is 0. The lowest BCUT2D eigenvalue weighted by atomic mass is 10.1. The summed E-state index contributed by atoms with van der Waals surface area (Å²) in [6.07, 6.45) is 2.32. The SMILES string of the molecule is O=C(Cc1ccc([N+](=O)[O-])cc1)Nc1ccc(-c2nnnn2C2CC2)cc1. The third kappa shape index (κ3) is 3.81. The molecule has 0 aliphatic heterocycles. The molecule has 1 saturated carbocycles. The highest BCUT2D eigenvalue weighted by molar-refractivity contribution is 5.92. The second kappa shape index (κ2) is 6.94. The Morgan fingerprint density at radius 1 is 1.15 bits per heavy atom. The largest absolute Gasteiger partial charge is 0.326 e. The van der Waals surface area contributed by atoms with Crippen molar-refractivity contribution in [2.45, 2.75) is 25.3 Å². The standard InChI is InChI=1S/C18H16N6O3/c25-17(11-12-1-7-16(8-2-12)24(26)27)19-14-5-3-13(4-6-14)18-20-21-22-23(18)15-9-10-15/h1-8,15H,9-11H2,(H,19,25). The van der Waals surface area contributed by atoms with Gasteiger partial charge in [-0.2, -0.15) is 0 Å². The van der Waals surface area contributed by atoms with E-state index in [1.165, 1.54) is 12.1 Å². The number of rotatable bonds is 6. The van der Waals surface area contributed by atoms with E-state index in [0.717, 1.165) is 24.2 Å². The van der Waals surface area contributed by atoms with Crippen molar-refractivity contribution >= 4 is 17.3 Å². The fourth-order valence-corrected chi connectivity index (χ4v) is 2.78. The molecule has 1 N–H and O–H groups in total. The first-order valence-electron chi connectivity index (χ1n) is 8.51. The van der Waals surface area contributed by atoms with Crippen LogP contribution in [0.2, 0.25) is 0 Å². The van der Waals surface area contributed by atoms with Crippen molar-refractivity contribution in [2.24, 2.45) is 0 Å². The first-order chi connectivity index (χ1) is 13.1. The molecule has 0 atom stereocenters. The van der Waals surface area contributed by atoms with Crippen molar-refractivity contribution in [3.8, 4) is 11.4 Å². The van der Waals surface area contributed by atoms with Crippen LogP contribution >= 0.6 is 0 Å². The number of nitro benzene ring substituents is 1. The van der Waals surface area contributed by atoms with E-state index in [0.29, 0.717) is 17.3 Å². The smallest absolute Gasteiger partial charge is 0.269 e. The Hall–Kier alpha value is -3.62. The van der Waals surface area contributed by atoms with E-state index in [1.807, 2.05) is 16.8 Å². The third-order valence-corrected chi connectivity index (χ3v) is 4.32. The van der Waals surface area contributed by atoms with Gasteiger partial charge in [0.15, 0.2) is 5.82 Å². The molecule has 1 heterocycles. The monoisotopic (exact) mass is 364 g/mol. The number of amides is 1. The zero-order valence-corrected chi connectivity index (χ0v) is 14.3. The topological polar surface area (TPSA) is 116 Å². The number of nitrogens with one attached hydrogen (secondary N) is 1. The van der Waals surface area contributed by atoms with Gasteiger partial charge in [-0.25, -0.2) is 4.68 Å². The van der Waals surface area contributed by atoms with Crippen molar-refractivity contribution in [1.82, 2.24) is 20.2 Å². The normalized spacial score (nSPS) is 13.3. The highest BCUT2D eigenvalue weighted by Gasteiger charge is 2.28. The highest BCUT2D eigenvalue weighted by Crippen LogP contribution is 2.36. The number of hydrogen-bond donors (Lipinski definition) is 1. The molecule has 27 heavy (non-hydrogen) atoms. The van der Waals surface area contributed by atoms with Gasteiger partial charge >= 0.3 is 0 Å². The summed E-state index contributed by atoms with van der Waals surface area (Å²) in [5, 5.41) is 25.3. The Balaban J connectivity index is 1.39. The van der Waals surface area contributed by atoms with Crippen LogP contribution in [-0.2, 0) is 11.2 Å². The van der Waals surface area contributed by atoms with Crippen LogP contribution in [0.15, 0.2) is 48.5 Å². The van der Waals surface area contributed by atoms with E-state index in [4.69, 9.17) is 0 Å². The van der Waals surface area contributed by atoms with Crippen LogP contribution in [0, 0.1) is 10.1 Å². The second-order valence-corrected chi connectivity index (χ2v) is 6.40. The summed E-state index contributed by atoms with van der Waals surface area (Å²) in [4.78, 5) is 22.4. The van der Waals surface area contributed by atoms with E-state index < -0.39 is 4.92 Å². The molecule has 9 nitrogen and oxygen atoms in total. The lowest BCUT2D eigenvalue weighted by Crippen LogP contribution is -2.14. The molecule has 2 aromatic carbocycles. The lowest BCUT2D eigenvalue weighted by Gasteiger charge is -2.07. The van der Waals surface area contributed by atoms with Gasteiger partial charge in [-0.3, -0.25) is 14.9 Å². The molecule has 0 unspecified atom stereocenters. The van der Waals surface area contributed by atoms with Crippen molar-refractivity contribution in [3.05, 3.63) is 64.2 Å². The van der Waals surface area contributed by atoms with E-state index in [-0.39, 0.29) is 18.0 Å². The predicted molar refractivity (Wildman–Crippen MR) is 97.0 cm³/mol. The minimum absolute atomic E-state index is 0.00304. The molecule has 0 bridgehead atoms. The minimum Gasteiger partial charge on any atom is -0.326 e. The number of hydrogen-bond acceptors (Lipinski definition) is 6. The van der Waals surface area contributed by atoms with Crippen molar-refractivity contribution in [2.75, 3.05) is 5.32 Å². The molecule has 136 valence electrons. The van der Waals surface area contributed by atoms with Gasteiger partial charge in [-0.1, -0.05) is 12.1 Å². The molecule has 9 heteroatoms. The number of aromatic nitrogens is 4. The van der Waals surface area contributed by atoms with Crippen molar-refractivity contribution in [3.63, 3.8) is 0 Å². The van der Waals surface area contributed by atoms with Crippen molar-refractivity contribution < 1.29 is 9.72 Å². The summed E-state index contributed by atoms with van der Waals surface area (Å²) in [5.74, 6) is 0.528. The van der Waals surface area contributed by atoms with Gasteiger partial charge in [-0.05, 0) is 53.1 Å². The number of carbonyl (C=O) groups is 1. The third-order valence-electron chi connectivity index (χ3n) is 4.32.